The predicted molar refractivity (Wildman–Crippen MR) is 60.5 cm³/mol. The summed E-state index contributed by atoms with van der Waals surface area (Å²) in [6.07, 6.45) is -0.331. The number of nitrogens with zero attached hydrogens (tertiary/aromatic N) is 1. The molecule has 0 aromatic heterocycles. The third-order valence-electron chi connectivity index (χ3n) is 2.24. The highest BCUT2D eigenvalue weighted by Crippen LogP contribution is 2.19. The molecular formula is C11H18N2O. The van der Waals surface area contributed by atoms with Crippen LogP contribution < -0.4 is 10.6 Å². The molecule has 0 saturated heterocycles. The maximum absolute atomic E-state index is 9.24. The van der Waals surface area contributed by atoms with Crippen LogP contribution in [0.3, 0.4) is 0 Å². The van der Waals surface area contributed by atoms with E-state index in [1.807, 2.05) is 37.1 Å². The van der Waals surface area contributed by atoms with E-state index in [1.165, 1.54) is 0 Å². The van der Waals surface area contributed by atoms with Gasteiger partial charge in [0.1, 0.15) is 0 Å². The molecule has 3 heteroatoms. The van der Waals surface area contributed by atoms with Crippen LogP contribution >= 0.6 is 0 Å². The number of aryl methyl sites for hydroxylation is 1. The number of rotatable bonds is 3. The second kappa shape index (κ2) is 4.33. The van der Waals surface area contributed by atoms with E-state index in [2.05, 4.69) is 0 Å². The van der Waals surface area contributed by atoms with E-state index in [0.717, 1.165) is 16.9 Å². The maximum atomic E-state index is 9.24. The van der Waals surface area contributed by atoms with Crippen molar-refractivity contribution in [3.8, 4) is 0 Å². The van der Waals surface area contributed by atoms with Crippen LogP contribution in [0.5, 0.6) is 0 Å². The lowest BCUT2D eigenvalue weighted by molar-refractivity contribution is 0.201. The van der Waals surface area contributed by atoms with Crippen LogP contribution in [0.15, 0.2) is 18.2 Å². The van der Waals surface area contributed by atoms with Gasteiger partial charge in [-0.25, -0.2) is 0 Å². The molecule has 0 saturated carbocycles. The minimum absolute atomic E-state index is 0.331. The van der Waals surface area contributed by atoms with Crippen molar-refractivity contribution in [1.29, 1.82) is 0 Å². The van der Waals surface area contributed by atoms with Crippen molar-refractivity contribution >= 4 is 11.4 Å². The van der Waals surface area contributed by atoms with Gasteiger partial charge in [0, 0.05) is 25.0 Å². The molecule has 0 aliphatic carbocycles. The minimum atomic E-state index is -0.331. The monoisotopic (exact) mass is 194 g/mol. The van der Waals surface area contributed by atoms with Crippen LogP contribution in [0.4, 0.5) is 11.4 Å². The molecule has 1 aromatic carbocycles. The third-order valence-corrected chi connectivity index (χ3v) is 2.24. The Morgan fingerprint density at radius 1 is 1.50 bits per heavy atom. The lowest BCUT2D eigenvalue weighted by Crippen LogP contribution is -2.26. The highest BCUT2D eigenvalue weighted by atomic mass is 16.3. The summed E-state index contributed by atoms with van der Waals surface area (Å²) in [5, 5.41) is 9.24. The molecule has 0 aliphatic heterocycles. The number of hydrogen-bond acceptors (Lipinski definition) is 3. The zero-order chi connectivity index (χ0) is 10.7. The molecule has 0 fully saturated rings. The van der Waals surface area contributed by atoms with Gasteiger partial charge in [0.15, 0.2) is 0 Å². The molecule has 0 radical (unpaired) electrons. The van der Waals surface area contributed by atoms with E-state index in [1.54, 1.807) is 6.92 Å². The first-order chi connectivity index (χ1) is 6.50. The maximum Gasteiger partial charge on any atom is 0.0686 e. The second-order valence-electron chi connectivity index (χ2n) is 3.77. The lowest BCUT2D eigenvalue weighted by atomic mass is 10.1. The fourth-order valence-electron chi connectivity index (χ4n) is 1.37. The van der Waals surface area contributed by atoms with Crippen LogP contribution in [-0.4, -0.2) is 24.8 Å². The normalized spacial score (nSPS) is 12.6. The smallest absolute Gasteiger partial charge is 0.0686 e. The average molecular weight is 194 g/mol. The van der Waals surface area contributed by atoms with Gasteiger partial charge in [-0.15, -0.1) is 0 Å². The van der Waals surface area contributed by atoms with Crippen molar-refractivity contribution in [1.82, 2.24) is 0 Å². The summed E-state index contributed by atoms with van der Waals surface area (Å²) in [6.45, 7) is 4.37. The van der Waals surface area contributed by atoms with Gasteiger partial charge >= 0.3 is 0 Å². The molecule has 0 aliphatic rings. The van der Waals surface area contributed by atoms with Crippen LogP contribution in [0.1, 0.15) is 12.5 Å². The summed E-state index contributed by atoms with van der Waals surface area (Å²) >= 11 is 0. The van der Waals surface area contributed by atoms with Crippen LogP contribution in [0.2, 0.25) is 0 Å². The lowest BCUT2D eigenvalue weighted by Gasteiger charge is -2.21. The van der Waals surface area contributed by atoms with Crippen LogP contribution in [-0.2, 0) is 0 Å². The molecule has 0 bridgehead atoms. The Kier molecular flexibility index (Phi) is 3.36. The molecule has 3 N–H and O–H groups in total. The van der Waals surface area contributed by atoms with E-state index >= 15 is 0 Å². The number of anilines is 2. The summed E-state index contributed by atoms with van der Waals surface area (Å²) < 4.78 is 0. The minimum Gasteiger partial charge on any atom is -0.398 e. The van der Waals surface area contributed by atoms with Gasteiger partial charge in [-0.05, 0) is 31.5 Å². The number of nitrogens with two attached hydrogens (primary N) is 1. The average Bonchev–Trinajstić information content (AvgIpc) is 2.08. The SMILES string of the molecule is Cc1ccc(N(C)CC(C)O)cc1N. The zero-order valence-corrected chi connectivity index (χ0v) is 8.99. The Morgan fingerprint density at radius 3 is 2.64 bits per heavy atom. The Bertz CT molecular complexity index is 310. The number of aliphatic hydroxyl groups is 1. The van der Waals surface area contributed by atoms with Gasteiger partial charge in [0.2, 0.25) is 0 Å². The molecule has 78 valence electrons. The van der Waals surface area contributed by atoms with Gasteiger partial charge in [-0.1, -0.05) is 6.07 Å². The second-order valence-corrected chi connectivity index (χ2v) is 3.77. The van der Waals surface area contributed by atoms with Gasteiger partial charge in [-0.3, -0.25) is 0 Å². The molecular weight excluding hydrogens is 176 g/mol. The zero-order valence-electron chi connectivity index (χ0n) is 8.99. The molecule has 14 heavy (non-hydrogen) atoms. The number of nitrogen functional groups attached to an aromatic ring is 1. The van der Waals surface area contributed by atoms with Crippen LogP contribution in [0, 0.1) is 6.92 Å². The Hall–Kier alpha value is -1.22. The van der Waals surface area contributed by atoms with Crippen molar-refractivity contribution in [2.24, 2.45) is 0 Å². The predicted octanol–water partition coefficient (Wildman–Crippen LogP) is 1.39. The summed E-state index contributed by atoms with van der Waals surface area (Å²) in [5.41, 5.74) is 8.71. The number of likely N-dealkylation sites (N-methyl/N-ethyl adjacent to an activating group) is 1. The van der Waals surface area contributed by atoms with Crippen LogP contribution in [0.25, 0.3) is 0 Å². The first kappa shape index (κ1) is 10.9. The summed E-state index contributed by atoms with van der Waals surface area (Å²) in [5.74, 6) is 0. The van der Waals surface area contributed by atoms with E-state index < -0.39 is 0 Å². The highest BCUT2D eigenvalue weighted by Gasteiger charge is 2.05. The van der Waals surface area contributed by atoms with E-state index in [9.17, 15) is 5.11 Å². The molecule has 1 unspecified atom stereocenters. The van der Waals surface area contributed by atoms with Crippen molar-refractivity contribution in [3.63, 3.8) is 0 Å². The fraction of sp³-hybridized carbons (Fsp3) is 0.455. The van der Waals surface area contributed by atoms with Gasteiger partial charge in [0.05, 0.1) is 6.10 Å². The molecule has 0 spiro atoms. The summed E-state index contributed by atoms with van der Waals surface area (Å²) in [6, 6.07) is 5.93. The molecule has 1 atom stereocenters. The van der Waals surface area contributed by atoms with E-state index in [-0.39, 0.29) is 6.10 Å². The summed E-state index contributed by atoms with van der Waals surface area (Å²) in [7, 11) is 1.94. The van der Waals surface area contributed by atoms with Crippen molar-refractivity contribution < 1.29 is 5.11 Å². The summed E-state index contributed by atoms with van der Waals surface area (Å²) in [4.78, 5) is 1.99. The topological polar surface area (TPSA) is 49.5 Å². The highest BCUT2D eigenvalue weighted by molar-refractivity contribution is 5.59. The van der Waals surface area contributed by atoms with E-state index in [4.69, 9.17) is 5.73 Å². The number of aliphatic hydroxyl groups excluding tert-OH is 1. The Labute approximate surface area is 85.2 Å². The van der Waals surface area contributed by atoms with Crippen molar-refractivity contribution in [2.75, 3.05) is 24.2 Å². The third kappa shape index (κ3) is 2.64. The van der Waals surface area contributed by atoms with Gasteiger partial charge < -0.3 is 15.7 Å². The largest absolute Gasteiger partial charge is 0.398 e. The van der Waals surface area contributed by atoms with Gasteiger partial charge in [0.25, 0.3) is 0 Å². The molecule has 1 rings (SSSR count). The molecule has 3 nitrogen and oxygen atoms in total. The quantitative estimate of drug-likeness (QED) is 0.715. The molecule has 0 amide bonds. The number of benzene rings is 1. The Balaban J connectivity index is 2.80. The standard InChI is InChI=1S/C11H18N2O/c1-8-4-5-10(6-11(8)12)13(3)7-9(2)14/h4-6,9,14H,7,12H2,1-3H3. The van der Waals surface area contributed by atoms with Crippen molar-refractivity contribution in [3.05, 3.63) is 23.8 Å². The molecule has 0 heterocycles. The first-order valence-electron chi connectivity index (χ1n) is 4.76. The number of hydrogen-bond donors (Lipinski definition) is 2. The van der Waals surface area contributed by atoms with Gasteiger partial charge in [-0.2, -0.15) is 0 Å². The molecule has 1 aromatic rings. The Morgan fingerprint density at radius 2 is 2.14 bits per heavy atom. The first-order valence-corrected chi connectivity index (χ1v) is 4.76. The van der Waals surface area contributed by atoms with Crippen molar-refractivity contribution in [2.45, 2.75) is 20.0 Å². The van der Waals surface area contributed by atoms with E-state index in [0.29, 0.717) is 6.54 Å². The fourth-order valence-corrected chi connectivity index (χ4v) is 1.37.